The van der Waals surface area contributed by atoms with Gasteiger partial charge in [-0.3, -0.25) is 24.2 Å². The van der Waals surface area contributed by atoms with Crippen LogP contribution in [0.2, 0.25) is 0 Å². The number of pyridine rings is 1. The normalized spacial score (nSPS) is 35.5. The number of aliphatic hydroxyl groups is 1. The number of hydrogen-bond donors (Lipinski definition) is 3. The first-order valence-electron chi connectivity index (χ1n) is 21.3. The number of ether oxygens (including phenoxy) is 1. The molecular weight excluding hydrogens is 707 g/mol. The zero-order valence-electron chi connectivity index (χ0n) is 35.8. The van der Waals surface area contributed by atoms with Crippen molar-refractivity contribution in [1.82, 2.24) is 15.2 Å². The number of nitrogens with zero attached hydrogens (tertiary/aromatic N) is 2. The van der Waals surface area contributed by atoms with Gasteiger partial charge in [-0.25, -0.2) is 0 Å². The molecule has 0 aliphatic heterocycles. The van der Waals surface area contributed by atoms with E-state index in [1.165, 1.54) is 5.57 Å². The molecule has 0 saturated heterocycles. The van der Waals surface area contributed by atoms with E-state index in [1.807, 2.05) is 12.1 Å². The Hall–Kier alpha value is -3.11. The summed E-state index contributed by atoms with van der Waals surface area (Å²) in [6, 6.07) is 3.80. The quantitative estimate of drug-likeness (QED) is 0.185. The summed E-state index contributed by atoms with van der Waals surface area (Å²) in [6.07, 6.45) is 9.75. The second-order valence-corrected chi connectivity index (χ2v) is 20.7. The van der Waals surface area contributed by atoms with Gasteiger partial charge in [0.1, 0.15) is 6.10 Å². The molecule has 10 nitrogen and oxygen atoms in total. The fourth-order valence-corrected chi connectivity index (χ4v) is 13.5. The van der Waals surface area contributed by atoms with Gasteiger partial charge in [-0.1, -0.05) is 54.0 Å². The van der Waals surface area contributed by atoms with Crippen LogP contribution in [0.3, 0.4) is 0 Å². The number of aromatic nitrogens is 1. The first kappa shape index (κ1) is 42.5. The lowest BCUT2D eigenvalue weighted by atomic mass is 9.33. The second kappa shape index (κ2) is 14.9. The minimum atomic E-state index is -1.18. The molecule has 9 atom stereocenters. The third kappa shape index (κ3) is 6.76. The number of carboxylic acid groups (broad SMARTS) is 1. The van der Waals surface area contributed by atoms with E-state index in [4.69, 9.17) is 4.74 Å². The summed E-state index contributed by atoms with van der Waals surface area (Å²) >= 11 is 0. The lowest BCUT2D eigenvalue weighted by molar-refractivity contribution is -0.235. The summed E-state index contributed by atoms with van der Waals surface area (Å²) in [5.74, 6) is -0.420. The van der Waals surface area contributed by atoms with Crippen LogP contribution in [0.1, 0.15) is 132 Å². The maximum Gasteiger partial charge on any atom is 0.309 e. The number of nitrogens with one attached hydrogen (secondary N) is 1. The third-order valence-corrected chi connectivity index (χ3v) is 16.7. The summed E-state index contributed by atoms with van der Waals surface area (Å²) < 4.78 is 6.17. The summed E-state index contributed by atoms with van der Waals surface area (Å²) in [5, 5.41) is 25.2. The molecule has 4 saturated carbocycles. The first-order chi connectivity index (χ1) is 26.1. The number of aliphatic carboxylic acids is 1. The van der Waals surface area contributed by atoms with Crippen molar-refractivity contribution in [2.24, 2.45) is 56.2 Å². The number of rotatable bonds is 12. The maximum absolute atomic E-state index is 14.2. The molecule has 56 heavy (non-hydrogen) atoms. The number of esters is 1. The largest absolute Gasteiger partial charge is 0.481 e. The minimum Gasteiger partial charge on any atom is -0.481 e. The molecule has 1 aromatic heterocycles. The predicted molar refractivity (Wildman–Crippen MR) is 215 cm³/mol. The van der Waals surface area contributed by atoms with Gasteiger partial charge in [0.15, 0.2) is 5.78 Å². The molecule has 310 valence electrons. The standard InChI is InChI=1S/C46H69N3O7/c1-28(2)38-31(50)23-46(34(51)27-49(36(52)25-47-10)26-29-15-21-48-22-16-29)20-19-44(8)30(39(38)46)11-12-33-43(7)17-14-35(56-37(53)24-41(3,4)40(54)55)42(5,6)32(43)13-18-45(33,44)9/h15-16,21-22,28,30,32-35,47,51H,11-14,17-20,23-27H2,1-10H3,(H,54,55)/t30-,32+,33-,34?,35+,43+,44-,45-,46+/m1/s1. The van der Waals surface area contributed by atoms with Crippen LogP contribution in [0, 0.1) is 56.2 Å². The first-order valence-corrected chi connectivity index (χ1v) is 21.3. The average molecular weight is 776 g/mol. The van der Waals surface area contributed by atoms with E-state index < -0.39 is 28.9 Å². The molecular formula is C46H69N3O7. The number of carbonyl (C=O) groups is 4. The van der Waals surface area contributed by atoms with E-state index in [2.05, 4.69) is 58.8 Å². The minimum absolute atomic E-state index is 0.0136. The molecule has 3 N–H and O–H groups in total. The topological polar surface area (TPSA) is 146 Å². The monoisotopic (exact) mass is 776 g/mol. The Morgan fingerprint density at radius 2 is 1.64 bits per heavy atom. The zero-order valence-corrected chi connectivity index (χ0v) is 35.8. The molecule has 1 heterocycles. The number of hydrogen-bond acceptors (Lipinski definition) is 8. The molecule has 1 aromatic rings. The number of ketones is 1. The molecule has 4 fully saturated rings. The van der Waals surface area contributed by atoms with Gasteiger partial charge in [0, 0.05) is 42.7 Å². The fraction of sp³-hybridized carbons (Fsp3) is 0.761. The number of fused-ring (bicyclic) bond motifs is 7. The van der Waals surface area contributed by atoms with Crippen molar-refractivity contribution in [3.05, 3.63) is 41.2 Å². The Morgan fingerprint density at radius 3 is 2.27 bits per heavy atom. The van der Waals surface area contributed by atoms with E-state index >= 15 is 0 Å². The highest BCUT2D eigenvalue weighted by molar-refractivity contribution is 6.00. The number of likely N-dealkylation sites (N-methyl/N-ethyl adjacent to an activating group) is 1. The molecule has 10 heteroatoms. The van der Waals surface area contributed by atoms with Crippen molar-refractivity contribution >= 4 is 23.6 Å². The van der Waals surface area contributed by atoms with Gasteiger partial charge in [0.25, 0.3) is 0 Å². The molecule has 6 rings (SSSR count). The van der Waals surface area contributed by atoms with Crippen LogP contribution in [0.5, 0.6) is 0 Å². The van der Waals surface area contributed by atoms with Gasteiger partial charge in [0.2, 0.25) is 5.91 Å². The SMILES string of the molecule is CNCC(=O)N(Cc1ccncc1)CC(O)[C@@]12CC[C@]3(C)[C@H](CC[C@@H]4[C@@]5(C)CC[C@H](OC(=O)CC(C)(C)C(=O)O)C(C)(C)[C@@H]5CC[C@]43C)C1=C(C(C)C)C(=O)C2. The Labute approximate surface area is 335 Å². The highest BCUT2D eigenvalue weighted by atomic mass is 16.5. The van der Waals surface area contributed by atoms with Crippen LogP contribution in [0.25, 0.3) is 0 Å². The van der Waals surface area contributed by atoms with Crippen molar-refractivity contribution in [3.8, 4) is 0 Å². The van der Waals surface area contributed by atoms with Crippen LogP contribution in [0.4, 0.5) is 0 Å². The number of Topliss-reactive ketones (excluding diaryl/α,β-unsaturated/α-hetero) is 1. The Morgan fingerprint density at radius 1 is 0.964 bits per heavy atom. The van der Waals surface area contributed by atoms with Crippen molar-refractivity contribution in [2.45, 2.75) is 145 Å². The van der Waals surface area contributed by atoms with E-state index in [1.54, 1.807) is 38.2 Å². The highest BCUT2D eigenvalue weighted by Gasteiger charge is 2.71. The second-order valence-electron chi connectivity index (χ2n) is 20.7. The summed E-state index contributed by atoms with van der Waals surface area (Å²) in [7, 11) is 1.75. The Balaban J connectivity index is 1.30. The van der Waals surface area contributed by atoms with Gasteiger partial charge >= 0.3 is 11.9 Å². The van der Waals surface area contributed by atoms with Crippen LogP contribution in [-0.2, 0) is 30.5 Å². The van der Waals surface area contributed by atoms with Crippen molar-refractivity contribution < 1.29 is 34.1 Å². The number of allylic oxidation sites excluding steroid dienone is 1. The van der Waals surface area contributed by atoms with Crippen molar-refractivity contribution in [2.75, 3.05) is 20.1 Å². The average Bonchev–Trinajstić information content (AvgIpc) is 3.43. The molecule has 1 unspecified atom stereocenters. The van der Waals surface area contributed by atoms with Crippen LogP contribution in [0.15, 0.2) is 35.7 Å². The van der Waals surface area contributed by atoms with E-state index in [9.17, 15) is 29.4 Å². The van der Waals surface area contributed by atoms with E-state index in [0.717, 1.165) is 56.1 Å². The molecule has 5 aliphatic rings. The highest BCUT2D eigenvalue weighted by Crippen LogP contribution is 2.77. The van der Waals surface area contributed by atoms with Gasteiger partial charge in [-0.2, -0.15) is 0 Å². The van der Waals surface area contributed by atoms with Crippen molar-refractivity contribution in [3.63, 3.8) is 0 Å². The molecule has 0 radical (unpaired) electrons. The molecule has 1 amide bonds. The molecule has 0 bridgehead atoms. The number of aliphatic hydroxyl groups excluding tert-OH is 1. The molecule has 5 aliphatic carbocycles. The zero-order chi connectivity index (χ0) is 41.2. The fourth-order valence-electron chi connectivity index (χ4n) is 13.5. The van der Waals surface area contributed by atoms with Crippen molar-refractivity contribution in [1.29, 1.82) is 0 Å². The number of carbonyl (C=O) groups excluding carboxylic acids is 3. The lowest BCUT2D eigenvalue weighted by Crippen LogP contribution is -2.66. The summed E-state index contributed by atoms with van der Waals surface area (Å²) in [5.41, 5.74) is 0.788. The van der Waals surface area contributed by atoms with E-state index in [-0.39, 0.29) is 70.8 Å². The van der Waals surface area contributed by atoms with Gasteiger partial charge in [-0.15, -0.1) is 0 Å². The lowest BCUT2D eigenvalue weighted by Gasteiger charge is -2.72. The van der Waals surface area contributed by atoms with Gasteiger partial charge in [-0.05, 0) is 135 Å². The molecule has 0 spiro atoms. The van der Waals surface area contributed by atoms with Crippen LogP contribution in [-0.4, -0.2) is 76.1 Å². The van der Waals surface area contributed by atoms with Gasteiger partial charge < -0.3 is 25.2 Å². The van der Waals surface area contributed by atoms with Crippen LogP contribution >= 0.6 is 0 Å². The molecule has 0 aromatic carbocycles. The van der Waals surface area contributed by atoms with E-state index in [0.29, 0.717) is 31.2 Å². The predicted octanol–water partition coefficient (Wildman–Crippen LogP) is 7.38. The van der Waals surface area contributed by atoms with Crippen LogP contribution < -0.4 is 5.32 Å². The number of amides is 1. The van der Waals surface area contributed by atoms with Gasteiger partial charge in [0.05, 0.1) is 24.5 Å². The summed E-state index contributed by atoms with van der Waals surface area (Å²) in [6.45, 7) is 20.1. The number of carboxylic acids is 1. The smallest absolute Gasteiger partial charge is 0.309 e. The third-order valence-electron chi connectivity index (χ3n) is 16.7. The Kier molecular flexibility index (Phi) is 11.3. The maximum atomic E-state index is 14.2. The Bertz CT molecular complexity index is 1740. The summed E-state index contributed by atoms with van der Waals surface area (Å²) in [4.78, 5) is 58.6.